The van der Waals surface area contributed by atoms with Crippen LogP contribution in [-0.2, 0) is 0 Å². The van der Waals surface area contributed by atoms with E-state index in [9.17, 15) is 8.78 Å². The van der Waals surface area contributed by atoms with Crippen LogP contribution in [0.2, 0.25) is 0 Å². The zero-order valence-corrected chi connectivity index (χ0v) is 12.7. The number of aryl methyl sites for hydroxylation is 1. The van der Waals surface area contributed by atoms with E-state index in [4.69, 9.17) is 0 Å². The smallest absolute Gasteiger partial charge is 0.163 e. The summed E-state index contributed by atoms with van der Waals surface area (Å²) in [6, 6.07) is 3.26. The van der Waals surface area contributed by atoms with E-state index >= 15 is 0 Å². The number of halogens is 4. The second-order valence-electron chi connectivity index (χ2n) is 4.56. The van der Waals surface area contributed by atoms with Gasteiger partial charge in [-0.15, -0.1) is 24.8 Å². The zero-order valence-electron chi connectivity index (χ0n) is 11.1. The van der Waals surface area contributed by atoms with Crippen molar-refractivity contribution in [1.29, 1.82) is 0 Å². The summed E-state index contributed by atoms with van der Waals surface area (Å²) in [5, 5.41) is 3.25. The Morgan fingerprint density at radius 3 is 2.26 bits per heavy atom. The highest BCUT2D eigenvalue weighted by molar-refractivity contribution is 5.85. The Balaban J connectivity index is 0.00000162. The Kier molecular flexibility index (Phi) is 7.82. The first-order chi connectivity index (χ1) is 8.11. The van der Waals surface area contributed by atoms with Crippen molar-refractivity contribution in [3.63, 3.8) is 0 Å². The van der Waals surface area contributed by atoms with Gasteiger partial charge in [0, 0.05) is 37.8 Å². The van der Waals surface area contributed by atoms with Crippen LogP contribution < -0.4 is 5.32 Å². The second-order valence-corrected chi connectivity index (χ2v) is 4.56. The molecule has 1 aliphatic heterocycles. The number of nitrogens with zero attached hydrogens (tertiary/aromatic N) is 1. The van der Waals surface area contributed by atoms with Crippen LogP contribution in [0.15, 0.2) is 12.1 Å². The van der Waals surface area contributed by atoms with Crippen molar-refractivity contribution >= 4 is 24.8 Å². The van der Waals surface area contributed by atoms with E-state index in [0.717, 1.165) is 26.2 Å². The summed E-state index contributed by atoms with van der Waals surface area (Å²) in [4.78, 5) is 2.17. The predicted octanol–water partition coefficient (Wildman–Crippen LogP) is 3.08. The molecule has 1 saturated heterocycles. The molecule has 2 rings (SSSR count). The van der Waals surface area contributed by atoms with Crippen LogP contribution in [0.3, 0.4) is 0 Å². The molecule has 1 atom stereocenters. The highest BCUT2D eigenvalue weighted by atomic mass is 35.5. The molecule has 1 aromatic rings. The fraction of sp³-hybridized carbons (Fsp3) is 0.538. The van der Waals surface area contributed by atoms with Gasteiger partial charge in [0.2, 0.25) is 0 Å². The van der Waals surface area contributed by atoms with E-state index in [1.165, 1.54) is 0 Å². The van der Waals surface area contributed by atoms with Crippen LogP contribution in [0.1, 0.15) is 24.1 Å². The first-order valence-electron chi connectivity index (χ1n) is 6.00. The maximum atomic E-state index is 13.9. The highest BCUT2D eigenvalue weighted by Gasteiger charge is 2.22. The minimum Gasteiger partial charge on any atom is -0.314 e. The molecular weight excluding hydrogens is 293 g/mol. The van der Waals surface area contributed by atoms with Crippen LogP contribution in [0.4, 0.5) is 8.78 Å². The quantitative estimate of drug-likeness (QED) is 0.903. The Morgan fingerprint density at radius 2 is 1.68 bits per heavy atom. The number of piperazine rings is 1. The van der Waals surface area contributed by atoms with Gasteiger partial charge in [0.25, 0.3) is 0 Å². The van der Waals surface area contributed by atoms with Gasteiger partial charge < -0.3 is 5.32 Å². The van der Waals surface area contributed by atoms with Crippen molar-refractivity contribution in [2.45, 2.75) is 19.9 Å². The fourth-order valence-corrected chi connectivity index (χ4v) is 2.25. The van der Waals surface area contributed by atoms with Crippen LogP contribution >= 0.6 is 24.8 Å². The number of hydrogen-bond acceptors (Lipinski definition) is 2. The number of hydrogen-bond donors (Lipinski definition) is 1. The molecule has 1 aliphatic rings. The van der Waals surface area contributed by atoms with Crippen molar-refractivity contribution in [1.82, 2.24) is 10.2 Å². The number of benzene rings is 1. The molecule has 19 heavy (non-hydrogen) atoms. The molecule has 0 spiro atoms. The lowest BCUT2D eigenvalue weighted by Crippen LogP contribution is -2.44. The predicted molar refractivity (Wildman–Crippen MR) is 78.4 cm³/mol. The molecule has 1 N–H and O–H groups in total. The molecule has 0 amide bonds. The molecule has 0 unspecified atom stereocenters. The van der Waals surface area contributed by atoms with E-state index < -0.39 is 11.6 Å². The Hall–Kier alpha value is -0.420. The molecule has 2 nitrogen and oxygen atoms in total. The molecule has 1 aromatic carbocycles. The summed E-state index contributed by atoms with van der Waals surface area (Å²) in [5.41, 5.74) is 0.814. The summed E-state index contributed by atoms with van der Waals surface area (Å²) in [6.07, 6.45) is 0. The molecular formula is C13H20Cl2F2N2. The normalized spacial score (nSPS) is 17.3. The van der Waals surface area contributed by atoms with Gasteiger partial charge in [-0.25, -0.2) is 8.78 Å². The molecule has 6 heteroatoms. The fourth-order valence-electron chi connectivity index (χ4n) is 2.25. The maximum absolute atomic E-state index is 13.9. The molecule has 0 aromatic heterocycles. The van der Waals surface area contributed by atoms with Crippen LogP contribution in [0.5, 0.6) is 0 Å². The van der Waals surface area contributed by atoms with E-state index in [1.54, 1.807) is 19.1 Å². The average molecular weight is 313 g/mol. The molecule has 1 fully saturated rings. The molecule has 110 valence electrons. The third kappa shape index (κ3) is 4.02. The third-order valence-electron chi connectivity index (χ3n) is 3.45. The van der Waals surface area contributed by atoms with Crippen LogP contribution in [0.25, 0.3) is 0 Å². The average Bonchev–Trinajstić information content (AvgIpc) is 2.36. The number of rotatable bonds is 2. The highest BCUT2D eigenvalue weighted by Crippen LogP contribution is 2.26. The van der Waals surface area contributed by atoms with Crippen molar-refractivity contribution in [2.75, 3.05) is 26.2 Å². The van der Waals surface area contributed by atoms with Crippen molar-refractivity contribution in [2.24, 2.45) is 0 Å². The lowest BCUT2D eigenvalue weighted by molar-refractivity contribution is 0.181. The Labute approximate surface area is 125 Å². The molecule has 0 bridgehead atoms. The molecule has 0 radical (unpaired) electrons. The maximum Gasteiger partial charge on any atom is 0.163 e. The van der Waals surface area contributed by atoms with Crippen LogP contribution in [0, 0.1) is 18.6 Å². The summed E-state index contributed by atoms with van der Waals surface area (Å²) < 4.78 is 27.4. The van der Waals surface area contributed by atoms with Gasteiger partial charge >= 0.3 is 0 Å². The molecule has 1 heterocycles. The zero-order chi connectivity index (χ0) is 12.4. The summed E-state index contributed by atoms with van der Waals surface area (Å²) in [5.74, 6) is -1.42. The largest absolute Gasteiger partial charge is 0.314 e. The minimum absolute atomic E-state index is 0. The first-order valence-corrected chi connectivity index (χ1v) is 6.00. The van der Waals surface area contributed by atoms with E-state index in [0.29, 0.717) is 11.1 Å². The van der Waals surface area contributed by atoms with Gasteiger partial charge in [0.15, 0.2) is 11.6 Å². The molecule has 0 saturated carbocycles. The van der Waals surface area contributed by atoms with E-state index in [-0.39, 0.29) is 30.9 Å². The van der Waals surface area contributed by atoms with Gasteiger partial charge in [0.1, 0.15) is 0 Å². The molecule has 0 aliphatic carbocycles. The second kappa shape index (κ2) is 8.00. The van der Waals surface area contributed by atoms with Crippen LogP contribution in [-0.4, -0.2) is 31.1 Å². The lowest BCUT2D eigenvalue weighted by Gasteiger charge is -2.33. The van der Waals surface area contributed by atoms with Gasteiger partial charge in [-0.05, 0) is 19.4 Å². The monoisotopic (exact) mass is 312 g/mol. The topological polar surface area (TPSA) is 15.3 Å². The van der Waals surface area contributed by atoms with Crippen molar-refractivity contribution in [3.05, 3.63) is 34.9 Å². The van der Waals surface area contributed by atoms with Crippen molar-refractivity contribution < 1.29 is 8.78 Å². The summed E-state index contributed by atoms with van der Waals surface area (Å²) in [6.45, 7) is 7.06. The van der Waals surface area contributed by atoms with E-state index in [1.807, 2.05) is 6.92 Å². The third-order valence-corrected chi connectivity index (χ3v) is 3.45. The number of nitrogens with one attached hydrogen (secondary N) is 1. The van der Waals surface area contributed by atoms with E-state index in [2.05, 4.69) is 10.2 Å². The lowest BCUT2D eigenvalue weighted by atomic mass is 10.0. The summed E-state index contributed by atoms with van der Waals surface area (Å²) in [7, 11) is 0. The minimum atomic E-state index is -0.718. The Morgan fingerprint density at radius 1 is 1.11 bits per heavy atom. The standard InChI is InChI=1S/C13H18F2N2.2ClH/c1-9-3-4-11(13(15)12(9)14)10(2)17-7-5-16-6-8-17;;/h3-4,10,16H,5-8H2,1-2H3;2*1H/t10-;;/m1../s1. The van der Waals surface area contributed by atoms with Gasteiger partial charge in [0.05, 0.1) is 0 Å². The van der Waals surface area contributed by atoms with Gasteiger partial charge in [-0.1, -0.05) is 12.1 Å². The van der Waals surface area contributed by atoms with Gasteiger partial charge in [-0.3, -0.25) is 4.90 Å². The first kappa shape index (κ1) is 18.6. The summed E-state index contributed by atoms with van der Waals surface area (Å²) >= 11 is 0. The van der Waals surface area contributed by atoms with Gasteiger partial charge in [-0.2, -0.15) is 0 Å². The van der Waals surface area contributed by atoms with Crippen molar-refractivity contribution in [3.8, 4) is 0 Å². The Bertz CT molecular complexity index is 410. The SMILES string of the molecule is Cc1ccc([C@@H](C)N2CCNCC2)c(F)c1F.Cl.Cl.